The summed E-state index contributed by atoms with van der Waals surface area (Å²) in [5.74, 6) is 0.726. The molecule has 1 saturated heterocycles. The number of carbonyl (C=O) groups excluding carboxylic acids is 1. The molecule has 1 unspecified atom stereocenters. The van der Waals surface area contributed by atoms with E-state index in [1.807, 2.05) is 0 Å². The molecule has 2 N–H and O–H groups in total. The minimum atomic E-state index is 0.104. The second-order valence-electron chi connectivity index (χ2n) is 5.68. The number of carbonyl (C=O) groups is 1. The van der Waals surface area contributed by atoms with Gasteiger partial charge in [0.2, 0.25) is 5.91 Å². The molecule has 5 nitrogen and oxygen atoms in total. The number of hydrogen-bond acceptors (Lipinski definition) is 5. The Morgan fingerprint density at radius 3 is 3.10 bits per heavy atom. The summed E-state index contributed by atoms with van der Waals surface area (Å²) >= 11 is 1.58. The van der Waals surface area contributed by atoms with E-state index in [9.17, 15) is 4.79 Å². The van der Waals surface area contributed by atoms with Gasteiger partial charge in [0, 0.05) is 32.6 Å². The summed E-state index contributed by atoms with van der Waals surface area (Å²) < 4.78 is 0. The molecular formula is C14H24N4OS. The molecule has 112 valence electrons. The highest BCUT2D eigenvalue weighted by Gasteiger charge is 2.19. The van der Waals surface area contributed by atoms with E-state index in [0.29, 0.717) is 12.3 Å². The lowest BCUT2D eigenvalue weighted by atomic mass is 9.98. The number of likely N-dealkylation sites (N-methyl/N-ethyl adjacent to an activating group) is 1. The maximum absolute atomic E-state index is 11.7. The van der Waals surface area contributed by atoms with Crippen molar-refractivity contribution < 1.29 is 4.79 Å². The lowest BCUT2D eigenvalue weighted by Gasteiger charge is -2.31. The molecule has 1 aliphatic heterocycles. The molecule has 2 rings (SSSR count). The maximum Gasteiger partial charge on any atom is 0.228 e. The summed E-state index contributed by atoms with van der Waals surface area (Å²) in [6, 6.07) is 0. The lowest BCUT2D eigenvalue weighted by Crippen LogP contribution is -2.37. The number of rotatable bonds is 5. The number of amides is 1. The largest absolute Gasteiger partial charge is 0.348 e. The summed E-state index contributed by atoms with van der Waals surface area (Å²) in [7, 11) is 3.55. The van der Waals surface area contributed by atoms with Gasteiger partial charge in [-0.25, -0.2) is 4.98 Å². The highest BCUT2D eigenvalue weighted by molar-refractivity contribution is 7.09. The van der Waals surface area contributed by atoms with Crippen LogP contribution in [0.2, 0.25) is 0 Å². The van der Waals surface area contributed by atoms with Gasteiger partial charge in [0.1, 0.15) is 5.01 Å². The van der Waals surface area contributed by atoms with Gasteiger partial charge in [-0.05, 0) is 31.8 Å². The van der Waals surface area contributed by atoms with Crippen LogP contribution in [0.5, 0.6) is 0 Å². The number of likely N-dealkylation sites (tertiary alicyclic amines) is 1. The predicted molar refractivity (Wildman–Crippen MR) is 81.6 cm³/mol. The van der Waals surface area contributed by atoms with Gasteiger partial charge < -0.3 is 10.6 Å². The van der Waals surface area contributed by atoms with Gasteiger partial charge in [-0.2, -0.15) is 0 Å². The molecule has 1 aromatic rings. The number of hydrogen-bond donors (Lipinski definition) is 1. The lowest BCUT2D eigenvalue weighted by molar-refractivity contribution is -0.127. The molecule has 20 heavy (non-hydrogen) atoms. The highest BCUT2D eigenvalue weighted by atomic mass is 32.1. The van der Waals surface area contributed by atoms with Crippen molar-refractivity contribution in [3.8, 4) is 0 Å². The zero-order chi connectivity index (χ0) is 14.5. The summed E-state index contributed by atoms with van der Waals surface area (Å²) in [5, 5.41) is 2.98. The van der Waals surface area contributed by atoms with Crippen LogP contribution in [0.1, 0.15) is 23.5 Å². The fourth-order valence-corrected chi connectivity index (χ4v) is 3.28. The topological polar surface area (TPSA) is 62.5 Å². The highest BCUT2D eigenvalue weighted by Crippen LogP contribution is 2.19. The van der Waals surface area contributed by atoms with Crippen molar-refractivity contribution in [3.63, 3.8) is 0 Å². The minimum absolute atomic E-state index is 0.104. The van der Waals surface area contributed by atoms with Gasteiger partial charge in [-0.3, -0.25) is 9.69 Å². The van der Waals surface area contributed by atoms with Crippen LogP contribution >= 0.6 is 11.3 Å². The minimum Gasteiger partial charge on any atom is -0.348 e. The smallest absolute Gasteiger partial charge is 0.228 e. The SMILES string of the molecule is CN(C)C(=O)Cc1nc(CN2CCCC(CN)C2)cs1. The quantitative estimate of drug-likeness (QED) is 0.878. The van der Waals surface area contributed by atoms with Crippen molar-refractivity contribution in [2.45, 2.75) is 25.8 Å². The van der Waals surface area contributed by atoms with Gasteiger partial charge in [0.05, 0.1) is 12.1 Å². The molecule has 1 aromatic heterocycles. The molecule has 1 fully saturated rings. The Balaban J connectivity index is 1.87. The Hall–Kier alpha value is -0.980. The van der Waals surface area contributed by atoms with Gasteiger partial charge >= 0.3 is 0 Å². The molecule has 1 atom stereocenters. The fraction of sp³-hybridized carbons (Fsp3) is 0.714. The third-order valence-electron chi connectivity index (χ3n) is 3.72. The van der Waals surface area contributed by atoms with Crippen LogP contribution < -0.4 is 5.73 Å². The summed E-state index contributed by atoms with van der Waals surface area (Å²) in [6.45, 7) is 3.85. The van der Waals surface area contributed by atoms with E-state index in [-0.39, 0.29) is 5.91 Å². The van der Waals surface area contributed by atoms with E-state index < -0.39 is 0 Å². The molecule has 1 amide bonds. The van der Waals surface area contributed by atoms with Gasteiger partial charge in [0.15, 0.2) is 0 Å². The van der Waals surface area contributed by atoms with Crippen molar-refractivity contribution in [2.75, 3.05) is 33.7 Å². The molecule has 1 aliphatic rings. The third kappa shape index (κ3) is 4.26. The van der Waals surface area contributed by atoms with E-state index in [2.05, 4.69) is 15.3 Å². The monoisotopic (exact) mass is 296 g/mol. The zero-order valence-corrected chi connectivity index (χ0v) is 13.2. The zero-order valence-electron chi connectivity index (χ0n) is 12.3. The summed E-state index contributed by atoms with van der Waals surface area (Å²) in [4.78, 5) is 20.3. The average molecular weight is 296 g/mol. The normalized spacial score (nSPS) is 20.1. The summed E-state index contributed by atoms with van der Waals surface area (Å²) in [5.41, 5.74) is 6.84. The fourth-order valence-electron chi connectivity index (χ4n) is 2.51. The van der Waals surface area contributed by atoms with E-state index in [4.69, 9.17) is 5.73 Å². The molecule has 0 saturated carbocycles. The first-order valence-electron chi connectivity index (χ1n) is 7.14. The maximum atomic E-state index is 11.7. The first-order valence-corrected chi connectivity index (χ1v) is 8.02. The van der Waals surface area contributed by atoms with Gasteiger partial charge in [0.25, 0.3) is 0 Å². The van der Waals surface area contributed by atoms with Crippen molar-refractivity contribution in [3.05, 3.63) is 16.1 Å². The number of thiazole rings is 1. The van der Waals surface area contributed by atoms with E-state index >= 15 is 0 Å². The number of aromatic nitrogens is 1. The van der Waals surface area contributed by atoms with Crippen LogP contribution in [0.4, 0.5) is 0 Å². The number of nitrogens with zero attached hydrogens (tertiary/aromatic N) is 3. The van der Waals surface area contributed by atoms with Crippen LogP contribution in [0.3, 0.4) is 0 Å². The van der Waals surface area contributed by atoms with Crippen LogP contribution in [0.25, 0.3) is 0 Å². The van der Waals surface area contributed by atoms with Crippen LogP contribution in [-0.4, -0.2) is 54.4 Å². The van der Waals surface area contributed by atoms with E-state index in [1.165, 1.54) is 12.8 Å². The average Bonchev–Trinajstić information content (AvgIpc) is 2.86. The Morgan fingerprint density at radius 2 is 2.40 bits per heavy atom. The predicted octanol–water partition coefficient (Wildman–Crippen LogP) is 0.944. The molecule has 0 aliphatic carbocycles. The Bertz CT molecular complexity index is 446. The Morgan fingerprint density at radius 1 is 1.60 bits per heavy atom. The second-order valence-corrected chi connectivity index (χ2v) is 6.62. The van der Waals surface area contributed by atoms with Crippen LogP contribution in [0, 0.1) is 5.92 Å². The van der Waals surface area contributed by atoms with E-state index in [0.717, 1.165) is 36.9 Å². The van der Waals surface area contributed by atoms with Crippen molar-refractivity contribution in [2.24, 2.45) is 11.7 Å². The Labute approximate surface area is 124 Å². The number of nitrogens with two attached hydrogens (primary N) is 1. The molecule has 6 heteroatoms. The summed E-state index contributed by atoms with van der Waals surface area (Å²) in [6.07, 6.45) is 2.87. The van der Waals surface area contributed by atoms with Crippen molar-refractivity contribution in [1.82, 2.24) is 14.8 Å². The van der Waals surface area contributed by atoms with Crippen molar-refractivity contribution >= 4 is 17.2 Å². The molecule has 0 aromatic carbocycles. The number of piperidine rings is 1. The molecular weight excluding hydrogens is 272 g/mol. The van der Waals surface area contributed by atoms with Crippen LogP contribution in [-0.2, 0) is 17.8 Å². The molecule has 0 bridgehead atoms. The standard InChI is InChI=1S/C14H24N4OS/c1-17(2)14(19)6-13-16-12(10-20-13)9-18-5-3-4-11(7-15)8-18/h10-11H,3-9,15H2,1-2H3. The van der Waals surface area contributed by atoms with Crippen molar-refractivity contribution in [1.29, 1.82) is 0 Å². The second kappa shape index (κ2) is 7.15. The van der Waals surface area contributed by atoms with Gasteiger partial charge in [-0.1, -0.05) is 0 Å². The van der Waals surface area contributed by atoms with E-state index in [1.54, 1.807) is 30.3 Å². The third-order valence-corrected chi connectivity index (χ3v) is 4.62. The molecule has 2 heterocycles. The first-order chi connectivity index (χ1) is 9.58. The Kier molecular flexibility index (Phi) is 5.51. The first kappa shape index (κ1) is 15.4. The van der Waals surface area contributed by atoms with Crippen LogP contribution in [0.15, 0.2) is 5.38 Å². The van der Waals surface area contributed by atoms with Gasteiger partial charge in [-0.15, -0.1) is 11.3 Å². The molecule has 0 radical (unpaired) electrons. The molecule has 0 spiro atoms.